The van der Waals surface area contributed by atoms with Crippen LogP contribution in [0.25, 0.3) is 0 Å². The first kappa shape index (κ1) is 13.0. The van der Waals surface area contributed by atoms with Crippen molar-refractivity contribution in [1.29, 1.82) is 0 Å². The summed E-state index contributed by atoms with van der Waals surface area (Å²) in [5, 5.41) is 3.72. The van der Waals surface area contributed by atoms with Gasteiger partial charge in [-0.05, 0) is 50.0 Å². The van der Waals surface area contributed by atoms with Gasteiger partial charge in [-0.2, -0.15) is 0 Å². The molecule has 1 saturated carbocycles. The SMILES string of the molecule is CCCNC1CCCC1CCC(C)(C)C. The molecule has 0 aromatic heterocycles. The summed E-state index contributed by atoms with van der Waals surface area (Å²) in [5.41, 5.74) is 0.512. The molecule has 1 aliphatic carbocycles. The monoisotopic (exact) mass is 211 g/mol. The van der Waals surface area contributed by atoms with Crippen LogP contribution >= 0.6 is 0 Å². The molecule has 1 N–H and O–H groups in total. The van der Waals surface area contributed by atoms with E-state index in [1.807, 2.05) is 0 Å². The topological polar surface area (TPSA) is 12.0 Å². The predicted molar refractivity (Wildman–Crippen MR) is 68.1 cm³/mol. The molecule has 0 spiro atoms. The molecule has 15 heavy (non-hydrogen) atoms. The Morgan fingerprint density at radius 1 is 1.20 bits per heavy atom. The maximum absolute atomic E-state index is 3.72. The fourth-order valence-corrected chi connectivity index (χ4v) is 2.60. The van der Waals surface area contributed by atoms with Gasteiger partial charge in [-0.15, -0.1) is 0 Å². The molecule has 2 unspecified atom stereocenters. The number of hydrogen-bond donors (Lipinski definition) is 1. The Kier molecular flexibility index (Phi) is 5.11. The minimum absolute atomic E-state index is 0.512. The zero-order chi connectivity index (χ0) is 11.3. The maximum atomic E-state index is 3.72. The second-order valence-electron chi connectivity index (χ2n) is 6.35. The second kappa shape index (κ2) is 5.89. The summed E-state index contributed by atoms with van der Waals surface area (Å²) in [4.78, 5) is 0. The van der Waals surface area contributed by atoms with Crippen molar-refractivity contribution >= 4 is 0 Å². The highest BCUT2D eigenvalue weighted by Gasteiger charge is 2.27. The standard InChI is InChI=1S/C14H29N/c1-5-11-15-13-8-6-7-12(13)9-10-14(2,3)4/h12-13,15H,5-11H2,1-4H3. The van der Waals surface area contributed by atoms with Gasteiger partial charge in [0.05, 0.1) is 0 Å². The van der Waals surface area contributed by atoms with Crippen LogP contribution in [0.2, 0.25) is 0 Å². The molecule has 1 fully saturated rings. The normalized spacial score (nSPS) is 27.2. The summed E-state index contributed by atoms with van der Waals surface area (Å²) >= 11 is 0. The first-order valence-electron chi connectivity index (χ1n) is 6.76. The van der Waals surface area contributed by atoms with Crippen LogP contribution in [-0.2, 0) is 0 Å². The van der Waals surface area contributed by atoms with E-state index in [0.717, 1.165) is 12.0 Å². The lowest BCUT2D eigenvalue weighted by Crippen LogP contribution is -2.33. The number of nitrogens with one attached hydrogen (secondary N) is 1. The Labute approximate surface area is 96.0 Å². The van der Waals surface area contributed by atoms with Crippen LogP contribution in [0.1, 0.15) is 66.2 Å². The van der Waals surface area contributed by atoms with Gasteiger partial charge in [-0.1, -0.05) is 34.1 Å². The van der Waals surface area contributed by atoms with Crippen LogP contribution in [0.15, 0.2) is 0 Å². The van der Waals surface area contributed by atoms with Gasteiger partial charge in [-0.3, -0.25) is 0 Å². The highest BCUT2D eigenvalue weighted by atomic mass is 14.9. The van der Waals surface area contributed by atoms with Crippen LogP contribution < -0.4 is 5.32 Å². The van der Waals surface area contributed by atoms with Crippen LogP contribution in [0.4, 0.5) is 0 Å². The average Bonchev–Trinajstić information content (AvgIpc) is 2.57. The third kappa shape index (κ3) is 5.01. The molecule has 0 radical (unpaired) electrons. The minimum Gasteiger partial charge on any atom is -0.314 e. The Hall–Kier alpha value is -0.0400. The van der Waals surface area contributed by atoms with E-state index in [-0.39, 0.29) is 0 Å². The molecular weight excluding hydrogens is 182 g/mol. The average molecular weight is 211 g/mol. The Morgan fingerprint density at radius 3 is 2.53 bits per heavy atom. The second-order valence-corrected chi connectivity index (χ2v) is 6.35. The minimum atomic E-state index is 0.512. The van der Waals surface area contributed by atoms with Crippen molar-refractivity contribution in [3.05, 3.63) is 0 Å². The number of rotatable bonds is 5. The zero-order valence-electron chi connectivity index (χ0n) is 11.1. The summed E-state index contributed by atoms with van der Waals surface area (Å²) < 4.78 is 0. The Morgan fingerprint density at radius 2 is 1.93 bits per heavy atom. The highest BCUT2D eigenvalue weighted by Crippen LogP contribution is 2.33. The predicted octanol–water partition coefficient (Wildman–Crippen LogP) is 3.98. The van der Waals surface area contributed by atoms with Gasteiger partial charge >= 0.3 is 0 Å². The van der Waals surface area contributed by atoms with Crippen LogP contribution in [0, 0.1) is 11.3 Å². The van der Waals surface area contributed by atoms with Crippen LogP contribution in [0.3, 0.4) is 0 Å². The van der Waals surface area contributed by atoms with Crippen molar-refractivity contribution in [3.8, 4) is 0 Å². The molecule has 90 valence electrons. The van der Waals surface area contributed by atoms with Crippen molar-refractivity contribution in [3.63, 3.8) is 0 Å². The Balaban J connectivity index is 2.27. The smallest absolute Gasteiger partial charge is 0.00953 e. The van der Waals surface area contributed by atoms with E-state index in [1.54, 1.807) is 0 Å². The van der Waals surface area contributed by atoms with E-state index in [2.05, 4.69) is 33.0 Å². The lowest BCUT2D eigenvalue weighted by atomic mass is 9.85. The molecular formula is C14H29N. The van der Waals surface area contributed by atoms with E-state index in [1.165, 1.54) is 45.1 Å². The molecule has 1 nitrogen and oxygen atoms in total. The molecule has 0 aromatic rings. The zero-order valence-corrected chi connectivity index (χ0v) is 11.1. The number of hydrogen-bond acceptors (Lipinski definition) is 1. The first-order chi connectivity index (χ1) is 7.03. The third-order valence-electron chi connectivity index (χ3n) is 3.58. The highest BCUT2D eigenvalue weighted by molar-refractivity contribution is 4.83. The molecule has 0 aliphatic heterocycles. The molecule has 0 saturated heterocycles. The van der Waals surface area contributed by atoms with E-state index in [0.29, 0.717) is 5.41 Å². The lowest BCUT2D eigenvalue weighted by molar-refractivity contribution is 0.294. The fourth-order valence-electron chi connectivity index (χ4n) is 2.60. The fraction of sp³-hybridized carbons (Fsp3) is 1.00. The van der Waals surface area contributed by atoms with Crippen molar-refractivity contribution in [2.75, 3.05) is 6.54 Å². The van der Waals surface area contributed by atoms with Gasteiger partial charge in [-0.25, -0.2) is 0 Å². The summed E-state index contributed by atoms with van der Waals surface area (Å²) in [7, 11) is 0. The summed E-state index contributed by atoms with van der Waals surface area (Å²) in [6, 6.07) is 0.826. The maximum Gasteiger partial charge on any atom is 0.00953 e. The van der Waals surface area contributed by atoms with Gasteiger partial charge in [0.25, 0.3) is 0 Å². The quantitative estimate of drug-likeness (QED) is 0.725. The lowest BCUT2D eigenvalue weighted by Gasteiger charge is -2.25. The Bertz CT molecular complexity index is 169. The van der Waals surface area contributed by atoms with E-state index < -0.39 is 0 Å². The van der Waals surface area contributed by atoms with Gasteiger partial charge in [0.15, 0.2) is 0 Å². The van der Waals surface area contributed by atoms with Crippen LogP contribution in [0.5, 0.6) is 0 Å². The van der Waals surface area contributed by atoms with Crippen LogP contribution in [-0.4, -0.2) is 12.6 Å². The first-order valence-corrected chi connectivity index (χ1v) is 6.76. The molecule has 2 atom stereocenters. The molecule has 1 rings (SSSR count). The van der Waals surface area contributed by atoms with Crippen molar-refractivity contribution < 1.29 is 0 Å². The van der Waals surface area contributed by atoms with Gasteiger partial charge in [0.1, 0.15) is 0 Å². The van der Waals surface area contributed by atoms with Gasteiger partial charge < -0.3 is 5.32 Å². The van der Waals surface area contributed by atoms with Gasteiger partial charge in [0.2, 0.25) is 0 Å². The van der Waals surface area contributed by atoms with E-state index in [9.17, 15) is 0 Å². The van der Waals surface area contributed by atoms with E-state index >= 15 is 0 Å². The van der Waals surface area contributed by atoms with Crippen molar-refractivity contribution in [2.45, 2.75) is 72.3 Å². The van der Waals surface area contributed by atoms with Gasteiger partial charge in [0, 0.05) is 6.04 Å². The molecule has 0 aromatic carbocycles. The molecule has 0 amide bonds. The molecule has 1 aliphatic rings. The van der Waals surface area contributed by atoms with E-state index in [4.69, 9.17) is 0 Å². The molecule has 1 heteroatoms. The van der Waals surface area contributed by atoms with Crippen molar-refractivity contribution in [1.82, 2.24) is 5.32 Å². The molecule has 0 heterocycles. The molecule has 0 bridgehead atoms. The summed E-state index contributed by atoms with van der Waals surface area (Å²) in [5.74, 6) is 0.954. The summed E-state index contributed by atoms with van der Waals surface area (Å²) in [6.45, 7) is 10.5. The largest absolute Gasteiger partial charge is 0.314 e. The summed E-state index contributed by atoms with van der Waals surface area (Å²) in [6.07, 6.45) is 8.37. The van der Waals surface area contributed by atoms with Crippen molar-refractivity contribution in [2.24, 2.45) is 11.3 Å². The third-order valence-corrected chi connectivity index (χ3v) is 3.58.